The Morgan fingerprint density at radius 3 is 2.44 bits per heavy atom. The summed E-state index contributed by atoms with van der Waals surface area (Å²) in [6.07, 6.45) is 11.9. The monoisotopic (exact) mass is 564 g/mol. The molecule has 0 bridgehead atoms. The Labute approximate surface area is 237 Å². The average molecular weight is 565 g/mol. The molecule has 0 heterocycles. The number of carbonyl (C=O) groups is 1. The number of hydrogen-bond acceptors (Lipinski definition) is 2. The van der Waals surface area contributed by atoms with Crippen molar-refractivity contribution < 1.29 is 18.0 Å². The first-order valence-corrected chi connectivity index (χ1v) is 16.3. The molecule has 4 aliphatic rings. The Morgan fingerprint density at radius 2 is 1.72 bits per heavy atom. The molecular formula is C32H47F3N2OS. The second-order valence-electron chi connectivity index (χ2n) is 13.6. The van der Waals surface area contributed by atoms with Crippen molar-refractivity contribution in [3.63, 3.8) is 0 Å². The van der Waals surface area contributed by atoms with Crippen molar-refractivity contribution in [1.29, 1.82) is 0 Å². The molecule has 0 aromatic heterocycles. The molecule has 0 radical (unpaired) electrons. The largest absolute Gasteiger partial charge is 0.416 e. The molecule has 0 aliphatic heterocycles. The SMILES string of the molecule is CC[C@H]1CC2C3CCC(CCCNC(=O)NSc4ccc(C(F)(F)F)cc4)C3(C)CC[C@@H]2C2(C)CCCCC12. The van der Waals surface area contributed by atoms with E-state index < -0.39 is 11.7 Å². The first kappa shape index (κ1) is 29.1. The van der Waals surface area contributed by atoms with Crippen molar-refractivity contribution in [2.75, 3.05) is 6.54 Å². The van der Waals surface area contributed by atoms with Gasteiger partial charge >= 0.3 is 12.2 Å². The fourth-order valence-corrected chi connectivity index (χ4v) is 10.6. The van der Waals surface area contributed by atoms with E-state index in [9.17, 15) is 18.0 Å². The van der Waals surface area contributed by atoms with Crippen molar-refractivity contribution in [2.24, 2.45) is 46.3 Å². The van der Waals surface area contributed by atoms with E-state index in [1.807, 2.05) is 0 Å². The fraction of sp³-hybridized carbons (Fsp3) is 0.781. The maximum Gasteiger partial charge on any atom is 0.416 e. The molecular weight excluding hydrogens is 517 g/mol. The molecule has 1 aromatic carbocycles. The third-order valence-electron chi connectivity index (χ3n) is 11.9. The minimum absolute atomic E-state index is 0.293. The van der Waals surface area contributed by atoms with E-state index in [0.717, 1.165) is 72.4 Å². The number of amides is 2. The number of alkyl halides is 3. The number of rotatable bonds is 7. The summed E-state index contributed by atoms with van der Waals surface area (Å²) < 4.78 is 40.9. The zero-order valence-corrected chi connectivity index (χ0v) is 24.7. The molecule has 3 nitrogen and oxygen atoms in total. The number of halogens is 3. The van der Waals surface area contributed by atoms with Crippen LogP contribution in [-0.4, -0.2) is 12.6 Å². The molecule has 4 saturated carbocycles. The van der Waals surface area contributed by atoms with Gasteiger partial charge in [-0.2, -0.15) is 13.2 Å². The summed E-state index contributed by atoms with van der Waals surface area (Å²) in [5.74, 6) is 5.31. The Hall–Kier alpha value is -1.37. The lowest BCUT2D eigenvalue weighted by molar-refractivity contribution is -0.137. The van der Waals surface area contributed by atoms with Gasteiger partial charge in [0.15, 0.2) is 0 Å². The van der Waals surface area contributed by atoms with Gasteiger partial charge in [-0.15, -0.1) is 0 Å². The molecule has 7 heteroatoms. The standard InChI is InChI=1S/C32H47F3N2OS/c1-4-21-20-25-27-15-12-22(30(27,2)18-16-28(25)31(3)17-6-5-9-26(21)31)8-7-19-36-29(38)37-39-24-13-10-23(11-14-24)32(33,34)35/h10-11,13-14,21-22,25-28H,4-9,12,15-20H2,1-3H3,(H2,36,37,38)/t21-,22?,25?,26?,27?,28-,30?,31?/m0/s1. The first-order chi connectivity index (χ1) is 18.6. The van der Waals surface area contributed by atoms with Gasteiger partial charge in [-0.25, -0.2) is 4.79 Å². The van der Waals surface area contributed by atoms with Crippen LogP contribution in [-0.2, 0) is 6.18 Å². The van der Waals surface area contributed by atoms with Crippen LogP contribution < -0.4 is 10.0 Å². The molecule has 6 unspecified atom stereocenters. The quantitative estimate of drug-likeness (QED) is 0.256. The molecule has 0 saturated heterocycles. The number of fused-ring (bicyclic) bond motifs is 5. The Bertz CT molecular complexity index is 1000. The lowest BCUT2D eigenvalue weighted by Gasteiger charge is -2.62. The molecule has 8 atom stereocenters. The topological polar surface area (TPSA) is 41.1 Å². The molecule has 39 heavy (non-hydrogen) atoms. The van der Waals surface area contributed by atoms with Gasteiger partial charge in [-0.1, -0.05) is 40.0 Å². The van der Waals surface area contributed by atoms with Gasteiger partial charge in [0, 0.05) is 11.4 Å². The van der Waals surface area contributed by atoms with E-state index in [0.29, 0.717) is 22.3 Å². The number of carbonyl (C=O) groups excluding carboxylic acids is 1. The Balaban J connectivity index is 1.09. The van der Waals surface area contributed by atoms with Gasteiger partial charge in [0.1, 0.15) is 0 Å². The van der Waals surface area contributed by atoms with E-state index in [4.69, 9.17) is 0 Å². The first-order valence-electron chi connectivity index (χ1n) is 15.4. The summed E-state index contributed by atoms with van der Waals surface area (Å²) in [4.78, 5) is 12.8. The highest BCUT2D eigenvalue weighted by atomic mass is 32.2. The van der Waals surface area contributed by atoms with Crippen molar-refractivity contribution in [2.45, 2.75) is 109 Å². The summed E-state index contributed by atoms with van der Waals surface area (Å²) in [5, 5.41) is 2.94. The number of benzene rings is 1. The van der Waals surface area contributed by atoms with Gasteiger partial charge in [0.2, 0.25) is 0 Å². The van der Waals surface area contributed by atoms with Gasteiger partial charge in [0.05, 0.1) is 5.56 Å². The lowest BCUT2D eigenvalue weighted by Crippen LogP contribution is -2.55. The van der Waals surface area contributed by atoms with Crippen molar-refractivity contribution in [3.05, 3.63) is 29.8 Å². The van der Waals surface area contributed by atoms with Crippen molar-refractivity contribution in [1.82, 2.24) is 10.0 Å². The maximum atomic E-state index is 12.7. The maximum absolute atomic E-state index is 12.7. The fourth-order valence-electron chi connectivity index (χ4n) is 10.0. The minimum atomic E-state index is -4.35. The predicted octanol–water partition coefficient (Wildman–Crippen LogP) is 9.48. The Kier molecular flexibility index (Phi) is 8.58. The van der Waals surface area contributed by atoms with Crippen LogP contribution in [0.25, 0.3) is 0 Å². The molecule has 0 spiro atoms. The molecule has 2 N–H and O–H groups in total. The van der Waals surface area contributed by atoms with Gasteiger partial charge in [-0.3, -0.25) is 4.72 Å². The Morgan fingerprint density at radius 1 is 0.974 bits per heavy atom. The van der Waals surface area contributed by atoms with Crippen LogP contribution in [0, 0.1) is 46.3 Å². The second-order valence-corrected chi connectivity index (χ2v) is 14.5. The minimum Gasteiger partial charge on any atom is -0.337 e. The smallest absolute Gasteiger partial charge is 0.337 e. The van der Waals surface area contributed by atoms with Crippen LogP contribution in [0.1, 0.15) is 103 Å². The summed E-state index contributed by atoms with van der Waals surface area (Å²) in [7, 11) is 0. The highest BCUT2D eigenvalue weighted by molar-refractivity contribution is 7.98. The third kappa shape index (κ3) is 5.72. The summed E-state index contributed by atoms with van der Waals surface area (Å²) in [6.45, 7) is 8.34. The summed E-state index contributed by atoms with van der Waals surface area (Å²) in [6, 6.07) is 4.54. The molecule has 5 rings (SSSR count). The number of nitrogens with one attached hydrogen (secondary N) is 2. The second kappa shape index (κ2) is 11.5. The van der Waals surface area contributed by atoms with Crippen LogP contribution in [0.5, 0.6) is 0 Å². The van der Waals surface area contributed by atoms with Gasteiger partial charge < -0.3 is 5.32 Å². The molecule has 4 fully saturated rings. The normalized spacial score (nSPS) is 37.9. The molecule has 4 aliphatic carbocycles. The van der Waals surface area contributed by atoms with Crippen LogP contribution in [0.4, 0.5) is 18.0 Å². The van der Waals surface area contributed by atoms with Crippen LogP contribution in [0.2, 0.25) is 0 Å². The summed E-state index contributed by atoms with van der Waals surface area (Å²) in [5.41, 5.74) is 0.322. The summed E-state index contributed by atoms with van der Waals surface area (Å²) >= 11 is 1.04. The van der Waals surface area contributed by atoms with E-state index in [1.54, 1.807) is 0 Å². The van der Waals surface area contributed by atoms with Crippen LogP contribution in [0.3, 0.4) is 0 Å². The van der Waals surface area contributed by atoms with Crippen molar-refractivity contribution >= 4 is 18.0 Å². The predicted molar refractivity (Wildman–Crippen MR) is 152 cm³/mol. The lowest BCUT2D eigenvalue weighted by atomic mass is 9.42. The van der Waals surface area contributed by atoms with Gasteiger partial charge in [-0.05, 0) is 140 Å². The number of urea groups is 1. The average Bonchev–Trinajstić information content (AvgIpc) is 3.25. The highest BCUT2D eigenvalue weighted by Gasteiger charge is 2.60. The molecule has 1 aromatic rings. The van der Waals surface area contributed by atoms with E-state index in [-0.39, 0.29) is 6.03 Å². The zero-order valence-electron chi connectivity index (χ0n) is 23.9. The van der Waals surface area contributed by atoms with E-state index in [1.165, 1.54) is 76.3 Å². The number of hydrogen-bond donors (Lipinski definition) is 2. The molecule has 218 valence electrons. The zero-order chi connectivity index (χ0) is 27.8. The molecule has 2 amide bonds. The van der Waals surface area contributed by atoms with Crippen LogP contribution >= 0.6 is 11.9 Å². The third-order valence-corrected chi connectivity index (χ3v) is 12.7. The van der Waals surface area contributed by atoms with Crippen molar-refractivity contribution in [3.8, 4) is 0 Å². The van der Waals surface area contributed by atoms with E-state index in [2.05, 4.69) is 30.8 Å². The van der Waals surface area contributed by atoms with Crippen LogP contribution in [0.15, 0.2) is 29.2 Å². The van der Waals surface area contributed by atoms with E-state index >= 15 is 0 Å². The highest BCUT2D eigenvalue weighted by Crippen LogP contribution is 2.69. The van der Waals surface area contributed by atoms with Gasteiger partial charge in [0.25, 0.3) is 0 Å².